The third-order valence-electron chi connectivity index (χ3n) is 2.86. The van der Waals surface area contributed by atoms with Crippen LogP contribution in [0.3, 0.4) is 0 Å². The highest BCUT2D eigenvalue weighted by molar-refractivity contribution is 5.52. The van der Waals surface area contributed by atoms with Crippen molar-refractivity contribution in [2.45, 2.75) is 6.42 Å². The molecule has 0 aromatic heterocycles. The molecule has 0 atom stereocenters. The van der Waals surface area contributed by atoms with Crippen molar-refractivity contribution >= 4 is 5.69 Å². The molecule has 2 rings (SSSR count). The zero-order valence-electron chi connectivity index (χ0n) is 11.5. The van der Waals surface area contributed by atoms with Crippen LogP contribution < -0.4 is 5.32 Å². The summed E-state index contributed by atoms with van der Waals surface area (Å²) in [5, 5.41) is 3.41. The van der Waals surface area contributed by atoms with E-state index in [2.05, 4.69) is 54.4 Å². The van der Waals surface area contributed by atoms with Crippen LogP contribution in [0.15, 0.2) is 103 Å². The predicted octanol–water partition coefficient (Wildman–Crippen LogP) is 5.17. The van der Waals surface area contributed by atoms with Gasteiger partial charge in [0.05, 0.1) is 0 Å². The van der Waals surface area contributed by atoms with E-state index >= 15 is 0 Å². The minimum Gasteiger partial charge on any atom is -0.356 e. The first kappa shape index (κ1) is 13.9. The molecule has 0 spiro atoms. The molecule has 20 heavy (non-hydrogen) atoms. The fourth-order valence-corrected chi connectivity index (χ4v) is 1.86. The Hall–Kier alpha value is -2.54. The Bertz CT molecular complexity index is 583. The van der Waals surface area contributed by atoms with Crippen molar-refractivity contribution in [3.63, 3.8) is 0 Å². The molecule has 100 valence electrons. The van der Waals surface area contributed by atoms with E-state index in [0.29, 0.717) is 0 Å². The highest BCUT2D eigenvalue weighted by atomic mass is 14.9. The van der Waals surface area contributed by atoms with Gasteiger partial charge in [0.2, 0.25) is 0 Å². The van der Waals surface area contributed by atoms with Crippen LogP contribution >= 0.6 is 0 Å². The summed E-state index contributed by atoms with van der Waals surface area (Å²) in [5.74, 6) is 0. The van der Waals surface area contributed by atoms with Gasteiger partial charge >= 0.3 is 0 Å². The number of anilines is 1. The smallest absolute Gasteiger partial charge is 0.0384 e. The molecule has 0 radical (unpaired) electrons. The normalized spacial score (nSPS) is 15.0. The summed E-state index contributed by atoms with van der Waals surface area (Å²) < 4.78 is 0. The summed E-state index contributed by atoms with van der Waals surface area (Å²) in [6, 6.07) is 10.2. The molecule has 0 amide bonds. The number of allylic oxidation sites excluding steroid dienone is 10. The van der Waals surface area contributed by atoms with Crippen molar-refractivity contribution < 1.29 is 0 Å². The average molecular weight is 261 g/mol. The summed E-state index contributed by atoms with van der Waals surface area (Å²) in [7, 11) is 0. The zero-order chi connectivity index (χ0) is 14.0. The van der Waals surface area contributed by atoms with Crippen molar-refractivity contribution in [2.75, 3.05) is 5.32 Å². The van der Waals surface area contributed by atoms with Crippen molar-refractivity contribution in [2.24, 2.45) is 0 Å². The number of hydrogen-bond acceptors (Lipinski definition) is 1. The lowest BCUT2D eigenvalue weighted by atomic mass is 10.2. The molecule has 0 bridgehead atoms. The highest BCUT2D eigenvalue weighted by Crippen LogP contribution is 2.15. The van der Waals surface area contributed by atoms with Crippen LogP contribution in [-0.4, -0.2) is 0 Å². The largest absolute Gasteiger partial charge is 0.356 e. The van der Waals surface area contributed by atoms with Crippen LogP contribution in [-0.2, 0) is 0 Å². The Morgan fingerprint density at radius 1 is 0.950 bits per heavy atom. The summed E-state index contributed by atoms with van der Waals surface area (Å²) in [5.41, 5.74) is 3.44. The molecule has 0 saturated carbocycles. The van der Waals surface area contributed by atoms with E-state index in [4.69, 9.17) is 0 Å². The monoisotopic (exact) mass is 261 g/mol. The van der Waals surface area contributed by atoms with E-state index in [1.54, 1.807) is 6.08 Å². The number of para-hydroxylation sites is 1. The first-order valence-electron chi connectivity index (χ1n) is 6.75. The second-order valence-electron chi connectivity index (χ2n) is 4.40. The van der Waals surface area contributed by atoms with Gasteiger partial charge in [-0.3, -0.25) is 0 Å². The molecular formula is C19H19N. The standard InChI is InChI=1S/C19H19N/c1-2-3-4-6-10-17-11-9-14-19(16-15-17)20-18-12-7-5-8-13-18/h2-8,10-16,20H,1,9H2/b4-3-,10-6+. The van der Waals surface area contributed by atoms with Crippen molar-refractivity contribution in [1.29, 1.82) is 0 Å². The summed E-state index contributed by atoms with van der Waals surface area (Å²) in [6.07, 6.45) is 19.3. The molecular weight excluding hydrogens is 242 g/mol. The molecule has 0 saturated heterocycles. The Kier molecular flexibility index (Phi) is 5.41. The Morgan fingerprint density at radius 2 is 1.80 bits per heavy atom. The van der Waals surface area contributed by atoms with Crippen molar-refractivity contribution in [1.82, 2.24) is 0 Å². The van der Waals surface area contributed by atoms with Gasteiger partial charge in [-0.2, -0.15) is 0 Å². The second-order valence-corrected chi connectivity index (χ2v) is 4.40. The van der Waals surface area contributed by atoms with Crippen molar-refractivity contribution in [3.8, 4) is 0 Å². The van der Waals surface area contributed by atoms with Gasteiger partial charge in [-0.25, -0.2) is 0 Å². The van der Waals surface area contributed by atoms with Crippen molar-refractivity contribution in [3.05, 3.63) is 103 Å². The molecule has 1 aromatic carbocycles. The van der Waals surface area contributed by atoms with Crippen LogP contribution in [0.25, 0.3) is 0 Å². The lowest BCUT2D eigenvalue weighted by molar-refractivity contribution is 1.33. The Labute approximate surface area is 121 Å². The first-order chi connectivity index (χ1) is 9.88. The number of nitrogens with one attached hydrogen (secondary N) is 1. The van der Waals surface area contributed by atoms with Crippen LogP contribution in [0.1, 0.15) is 6.42 Å². The molecule has 1 nitrogen and oxygen atoms in total. The number of benzene rings is 1. The van der Waals surface area contributed by atoms with E-state index in [9.17, 15) is 0 Å². The average Bonchev–Trinajstić information content (AvgIpc) is 2.70. The molecule has 0 aliphatic heterocycles. The topological polar surface area (TPSA) is 12.0 Å². The minimum atomic E-state index is 0.924. The SMILES string of the molecule is C=C/C=C\C=C\C1=CCC=C(Nc2ccccc2)C=C1. The maximum absolute atomic E-state index is 3.64. The molecule has 1 aliphatic rings. The third-order valence-corrected chi connectivity index (χ3v) is 2.86. The van der Waals surface area contributed by atoms with Gasteiger partial charge in [-0.15, -0.1) is 0 Å². The molecule has 1 aliphatic carbocycles. The van der Waals surface area contributed by atoms with Crippen LogP contribution in [0.4, 0.5) is 5.69 Å². The van der Waals surface area contributed by atoms with Crippen LogP contribution in [0.5, 0.6) is 0 Å². The first-order valence-corrected chi connectivity index (χ1v) is 6.75. The highest BCUT2D eigenvalue weighted by Gasteiger charge is 1.97. The van der Waals surface area contributed by atoms with Gasteiger partial charge in [-0.05, 0) is 30.2 Å². The Balaban J connectivity index is 1.97. The quantitative estimate of drug-likeness (QED) is 0.721. The summed E-state index contributed by atoms with van der Waals surface area (Å²) in [6.45, 7) is 3.64. The van der Waals surface area contributed by atoms with E-state index in [0.717, 1.165) is 17.8 Å². The molecule has 0 unspecified atom stereocenters. The van der Waals surface area contributed by atoms with E-state index in [1.807, 2.05) is 36.4 Å². The van der Waals surface area contributed by atoms with Gasteiger partial charge in [0.25, 0.3) is 0 Å². The Morgan fingerprint density at radius 3 is 2.60 bits per heavy atom. The zero-order valence-corrected chi connectivity index (χ0v) is 11.5. The van der Waals surface area contributed by atoms with Gasteiger partial charge in [0.1, 0.15) is 0 Å². The molecule has 0 heterocycles. The maximum Gasteiger partial charge on any atom is 0.0384 e. The minimum absolute atomic E-state index is 0.924. The third kappa shape index (κ3) is 4.62. The predicted molar refractivity (Wildman–Crippen MR) is 88.5 cm³/mol. The molecule has 1 aromatic rings. The number of hydrogen-bond donors (Lipinski definition) is 1. The summed E-state index contributed by atoms with van der Waals surface area (Å²) in [4.78, 5) is 0. The van der Waals surface area contributed by atoms with E-state index in [-0.39, 0.29) is 0 Å². The molecule has 0 fully saturated rings. The van der Waals surface area contributed by atoms with Crippen LogP contribution in [0.2, 0.25) is 0 Å². The van der Waals surface area contributed by atoms with Gasteiger partial charge in [0.15, 0.2) is 0 Å². The maximum atomic E-state index is 3.64. The molecule has 1 heteroatoms. The van der Waals surface area contributed by atoms with E-state index < -0.39 is 0 Å². The lowest BCUT2D eigenvalue weighted by Gasteiger charge is -2.05. The number of rotatable bonds is 5. The second kappa shape index (κ2) is 7.80. The molecule has 1 N–H and O–H groups in total. The lowest BCUT2D eigenvalue weighted by Crippen LogP contribution is -1.95. The van der Waals surface area contributed by atoms with Crippen LogP contribution in [0, 0.1) is 0 Å². The van der Waals surface area contributed by atoms with Gasteiger partial charge in [0, 0.05) is 11.4 Å². The fourth-order valence-electron chi connectivity index (χ4n) is 1.86. The fraction of sp³-hybridized carbons (Fsp3) is 0.0526. The van der Waals surface area contributed by atoms with Gasteiger partial charge < -0.3 is 5.32 Å². The van der Waals surface area contributed by atoms with E-state index in [1.165, 1.54) is 5.57 Å². The van der Waals surface area contributed by atoms with Gasteiger partial charge in [-0.1, -0.05) is 73.4 Å². The summed E-state index contributed by atoms with van der Waals surface area (Å²) >= 11 is 0.